The number of aryl methyl sites for hydroxylation is 2. The maximum Gasteiger partial charge on any atom is 0.123 e. The largest absolute Gasteiger partial charge is 0.465 e. The first-order valence-corrected chi connectivity index (χ1v) is 7.40. The summed E-state index contributed by atoms with van der Waals surface area (Å²) in [6, 6.07) is 12.3. The summed E-state index contributed by atoms with van der Waals surface area (Å²) in [7, 11) is 0. The Hall–Kier alpha value is -2.07. The Labute approximate surface area is 122 Å². The highest BCUT2D eigenvalue weighted by atomic mass is 32.1. The number of anilines is 1. The normalized spacial score (nSPS) is 10.7. The van der Waals surface area contributed by atoms with Crippen LogP contribution in [-0.2, 0) is 6.54 Å². The molecule has 0 aliphatic rings. The monoisotopic (exact) mass is 284 g/mol. The van der Waals surface area contributed by atoms with Gasteiger partial charge in [-0.15, -0.1) is 11.3 Å². The smallest absolute Gasteiger partial charge is 0.123 e. The summed E-state index contributed by atoms with van der Waals surface area (Å²) in [4.78, 5) is 4.49. The Morgan fingerprint density at radius 3 is 2.50 bits per heavy atom. The number of benzene rings is 1. The third kappa shape index (κ3) is 2.91. The van der Waals surface area contributed by atoms with E-state index in [1.807, 2.05) is 26.0 Å². The average Bonchev–Trinajstić information content (AvgIpc) is 3.06. The molecular formula is C16H16N2OS. The van der Waals surface area contributed by atoms with Gasteiger partial charge in [-0.2, -0.15) is 0 Å². The molecule has 3 aromatic rings. The lowest BCUT2D eigenvalue weighted by molar-refractivity contribution is 0.490. The van der Waals surface area contributed by atoms with Crippen molar-refractivity contribution in [3.05, 3.63) is 58.3 Å². The standard InChI is InChI=1S/C16H16N2OS/c1-11-3-8-15(19-11)9-17-14-6-4-13(5-7-14)16-10-20-12(2)18-16/h3-8,10,17H,9H2,1-2H3. The van der Waals surface area contributed by atoms with E-state index in [0.29, 0.717) is 6.54 Å². The predicted octanol–water partition coefficient (Wildman–Crippen LogP) is 4.63. The van der Waals surface area contributed by atoms with Crippen molar-refractivity contribution < 1.29 is 4.42 Å². The van der Waals surface area contributed by atoms with E-state index < -0.39 is 0 Å². The zero-order chi connectivity index (χ0) is 13.9. The zero-order valence-corrected chi connectivity index (χ0v) is 12.3. The minimum atomic E-state index is 0.697. The molecule has 0 aliphatic carbocycles. The van der Waals surface area contributed by atoms with Crippen molar-refractivity contribution in [3.63, 3.8) is 0 Å². The Morgan fingerprint density at radius 1 is 1.10 bits per heavy atom. The van der Waals surface area contributed by atoms with E-state index in [2.05, 4.69) is 39.9 Å². The second-order valence-electron chi connectivity index (χ2n) is 4.70. The van der Waals surface area contributed by atoms with Crippen LogP contribution < -0.4 is 5.32 Å². The molecule has 102 valence electrons. The van der Waals surface area contributed by atoms with Crippen LogP contribution in [0.15, 0.2) is 46.2 Å². The molecule has 0 spiro atoms. The van der Waals surface area contributed by atoms with Gasteiger partial charge in [-0.25, -0.2) is 4.98 Å². The van der Waals surface area contributed by atoms with Crippen molar-refractivity contribution in [1.82, 2.24) is 4.98 Å². The summed E-state index contributed by atoms with van der Waals surface area (Å²) in [5.74, 6) is 1.89. The molecule has 0 amide bonds. The van der Waals surface area contributed by atoms with Gasteiger partial charge in [0.2, 0.25) is 0 Å². The molecule has 3 rings (SSSR count). The number of nitrogens with one attached hydrogen (secondary N) is 1. The van der Waals surface area contributed by atoms with E-state index in [-0.39, 0.29) is 0 Å². The highest BCUT2D eigenvalue weighted by Gasteiger charge is 2.02. The van der Waals surface area contributed by atoms with E-state index in [1.165, 1.54) is 0 Å². The molecule has 4 heteroatoms. The number of nitrogens with zero attached hydrogens (tertiary/aromatic N) is 1. The Bertz CT molecular complexity index is 697. The van der Waals surface area contributed by atoms with Gasteiger partial charge in [0, 0.05) is 16.6 Å². The predicted molar refractivity (Wildman–Crippen MR) is 83.1 cm³/mol. The van der Waals surface area contributed by atoms with Gasteiger partial charge < -0.3 is 9.73 Å². The van der Waals surface area contributed by atoms with Crippen molar-refractivity contribution in [2.75, 3.05) is 5.32 Å². The van der Waals surface area contributed by atoms with Crippen molar-refractivity contribution in [2.45, 2.75) is 20.4 Å². The molecule has 0 bridgehead atoms. The molecule has 0 unspecified atom stereocenters. The average molecular weight is 284 g/mol. The van der Waals surface area contributed by atoms with Crippen molar-refractivity contribution in [2.24, 2.45) is 0 Å². The molecule has 20 heavy (non-hydrogen) atoms. The van der Waals surface area contributed by atoms with Crippen LogP contribution in [0.2, 0.25) is 0 Å². The molecule has 1 N–H and O–H groups in total. The summed E-state index contributed by atoms with van der Waals surface area (Å²) in [5, 5.41) is 6.53. The van der Waals surface area contributed by atoms with Crippen molar-refractivity contribution >= 4 is 17.0 Å². The van der Waals surface area contributed by atoms with Gasteiger partial charge in [0.05, 0.1) is 17.2 Å². The molecule has 0 fully saturated rings. The van der Waals surface area contributed by atoms with Crippen LogP contribution >= 0.6 is 11.3 Å². The Balaban J connectivity index is 1.67. The number of hydrogen-bond donors (Lipinski definition) is 1. The SMILES string of the molecule is Cc1ccc(CNc2ccc(-c3csc(C)n3)cc2)o1. The molecule has 0 atom stereocenters. The third-order valence-electron chi connectivity index (χ3n) is 3.06. The summed E-state index contributed by atoms with van der Waals surface area (Å²) < 4.78 is 5.53. The van der Waals surface area contributed by atoms with Crippen LogP contribution in [0, 0.1) is 13.8 Å². The number of aromatic nitrogens is 1. The van der Waals surface area contributed by atoms with Gasteiger partial charge in [-0.3, -0.25) is 0 Å². The number of thiazole rings is 1. The van der Waals surface area contributed by atoms with Crippen LogP contribution in [-0.4, -0.2) is 4.98 Å². The van der Waals surface area contributed by atoms with E-state index in [0.717, 1.165) is 33.5 Å². The second kappa shape index (κ2) is 5.51. The van der Waals surface area contributed by atoms with Crippen LogP contribution in [0.1, 0.15) is 16.5 Å². The molecular weight excluding hydrogens is 268 g/mol. The lowest BCUT2D eigenvalue weighted by Gasteiger charge is -2.05. The van der Waals surface area contributed by atoms with Gasteiger partial charge >= 0.3 is 0 Å². The minimum Gasteiger partial charge on any atom is -0.465 e. The molecule has 3 nitrogen and oxygen atoms in total. The van der Waals surface area contributed by atoms with E-state index in [9.17, 15) is 0 Å². The summed E-state index contributed by atoms with van der Waals surface area (Å²) >= 11 is 1.67. The fourth-order valence-electron chi connectivity index (χ4n) is 2.02. The highest BCUT2D eigenvalue weighted by molar-refractivity contribution is 7.09. The molecule has 1 aromatic carbocycles. The van der Waals surface area contributed by atoms with E-state index >= 15 is 0 Å². The number of furan rings is 1. The van der Waals surface area contributed by atoms with Crippen LogP contribution in [0.4, 0.5) is 5.69 Å². The highest BCUT2D eigenvalue weighted by Crippen LogP contribution is 2.23. The van der Waals surface area contributed by atoms with Crippen LogP contribution in [0.5, 0.6) is 0 Å². The molecule has 2 aromatic heterocycles. The maximum atomic E-state index is 5.53. The zero-order valence-electron chi connectivity index (χ0n) is 11.5. The molecule has 0 radical (unpaired) electrons. The summed E-state index contributed by atoms with van der Waals surface area (Å²) in [5.41, 5.74) is 3.27. The minimum absolute atomic E-state index is 0.697. The quantitative estimate of drug-likeness (QED) is 0.759. The molecule has 0 saturated carbocycles. The van der Waals surface area contributed by atoms with Crippen molar-refractivity contribution in [1.29, 1.82) is 0 Å². The van der Waals surface area contributed by atoms with Gasteiger partial charge in [-0.1, -0.05) is 12.1 Å². The van der Waals surface area contributed by atoms with Gasteiger partial charge in [0.1, 0.15) is 11.5 Å². The molecule has 2 heterocycles. The van der Waals surface area contributed by atoms with Gasteiger partial charge in [-0.05, 0) is 38.1 Å². The third-order valence-corrected chi connectivity index (χ3v) is 3.84. The van der Waals surface area contributed by atoms with E-state index in [1.54, 1.807) is 11.3 Å². The summed E-state index contributed by atoms with van der Waals surface area (Å²) in [6.45, 7) is 4.67. The Kier molecular flexibility index (Phi) is 3.56. The lowest BCUT2D eigenvalue weighted by atomic mass is 10.1. The van der Waals surface area contributed by atoms with Crippen molar-refractivity contribution in [3.8, 4) is 11.3 Å². The fraction of sp³-hybridized carbons (Fsp3) is 0.188. The number of rotatable bonds is 4. The lowest BCUT2D eigenvalue weighted by Crippen LogP contribution is -1.97. The van der Waals surface area contributed by atoms with E-state index in [4.69, 9.17) is 4.42 Å². The first-order chi connectivity index (χ1) is 9.70. The van der Waals surface area contributed by atoms with Gasteiger partial charge in [0.15, 0.2) is 0 Å². The fourth-order valence-corrected chi connectivity index (χ4v) is 2.65. The first kappa shape index (κ1) is 12.9. The number of hydrogen-bond acceptors (Lipinski definition) is 4. The second-order valence-corrected chi connectivity index (χ2v) is 5.76. The first-order valence-electron chi connectivity index (χ1n) is 6.52. The van der Waals surface area contributed by atoms with Gasteiger partial charge in [0.25, 0.3) is 0 Å². The summed E-state index contributed by atoms with van der Waals surface area (Å²) in [6.07, 6.45) is 0. The van der Waals surface area contributed by atoms with Crippen LogP contribution in [0.25, 0.3) is 11.3 Å². The topological polar surface area (TPSA) is 38.1 Å². The maximum absolute atomic E-state index is 5.53. The molecule has 0 aliphatic heterocycles. The molecule has 0 saturated heterocycles. The van der Waals surface area contributed by atoms with Crippen LogP contribution in [0.3, 0.4) is 0 Å². The Morgan fingerprint density at radius 2 is 1.90 bits per heavy atom.